The summed E-state index contributed by atoms with van der Waals surface area (Å²) in [6, 6.07) is 16.0. The van der Waals surface area contributed by atoms with Gasteiger partial charge in [0, 0.05) is 22.0 Å². The van der Waals surface area contributed by atoms with Crippen molar-refractivity contribution in [1.29, 1.82) is 0 Å². The number of nitrogens with zero attached hydrogens (tertiary/aromatic N) is 1. The average molecular weight is 575 g/mol. The molecule has 11 nitrogen and oxygen atoms in total. The third kappa shape index (κ3) is 6.08. The maximum Gasteiger partial charge on any atom is 0.412 e. The summed E-state index contributed by atoms with van der Waals surface area (Å²) in [5.74, 6) is 0.0488. The molecule has 0 atom stereocenters. The summed E-state index contributed by atoms with van der Waals surface area (Å²) in [6.45, 7) is -0.710. The molecule has 3 aromatic carbocycles. The van der Waals surface area contributed by atoms with Gasteiger partial charge in [-0.05, 0) is 54.6 Å². The number of esters is 1. The van der Waals surface area contributed by atoms with Crippen LogP contribution in [0.25, 0.3) is 22.3 Å². The van der Waals surface area contributed by atoms with Crippen molar-refractivity contribution in [2.75, 3.05) is 30.8 Å². The number of carbonyl (C=O) groups excluding carboxylic acids is 2. The molecule has 0 unspecified atom stereocenters. The molecule has 0 aliphatic rings. The molecule has 3 N–H and O–H groups in total. The van der Waals surface area contributed by atoms with Crippen LogP contribution in [0.3, 0.4) is 0 Å². The molecule has 39 heavy (non-hydrogen) atoms. The second-order valence-electron chi connectivity index (χ2n) is 8.17. The van der Waals surface area contributed by atoms with Crippen LogP contribution in [0.5, 0.6) is 17.2 Å². The number of benzene rings is 3. The van der Waals surface area contributed by atoms with Crippen LogP contribution < -0.4 is 19.5 Å². The highest BCUT2D eigenvalue weighted by atomic mass is 35.5. The van der Waals surface area contributed by atoms with E-state index in [-0.39, 0.29) is 40.3 Å². The minimum absolute atomic E-state index is 0.0292. The number of amides is 1. The lowest BCUT2D eigenvalue weighted by Gasteiger charge is -2.23. The van der Waals surface area contributed by atoms with E-state index in [2.05, 4.69) is 4.74 Å². The molecule has 1 aromatic heterocycles. The number of nitrogens with two attached hydrogens (primary N) is 1. The number of fused-ring (bicyclic) bond motifs is 1. The molecular formula is C26H23ClN2O9S. The number of aliphatic hydroxyl groups excluding tert-OH is 1. The number of anilines is 1. The number of methoxy groups -OCH3 is 1. The number of aliphatic hydroxyl groups is 1. The minimum Gasteiger partial charge on any atom is -0.495 e. The Bertz CT molecular complexity index is 1630. The maximum absolute atomic E-state index is 12.9. The van der Waals surface area contributed by atoms with Gasteiger partial charge in [-0.1, -0.05) is 11.6 Å². The van der Waals surface area contributed by atoms with Crippen LogP contribution in [0.1, 0.15) is 10.4 Å². The number of carbonyl (C=O) groups is 2. The highest BCUT2D eigenvalue weighted by Crippen LogP contribution is 2.41. The summed E-state index contributed by atoms with van der Waals surface area (Å²) in [5, 5.41) is 10.2. The third-order valence-electron chi connectivity index (χ3n) is 5.52. The fourth-order valence-electron chi connectivity index (χ4n) is 3.89. The van der Waals surface area contributed by atoms with Gasteiger partial charge in [-0.15, -0.1) is 0 Å². The standard InChI is InChI=1S/C26H23ClN2O9S/c1-35-22-13-19-21(14-20(22)29(11-12-30)39(2,33)34)37-24(23(19)25(31)38-26(28)32)15-3-7-17(8-4-15)36-18-9-5-16(27)6-10-18/h3-10,13-14,30H,11-12H2,1-2H3,(H2,28,32). The summed E-state index contributed by atoms with van der Waals surface area (Å²) >= 11 is 5.91. The normalized spacial score (nSPS) is 11.3. The quantitative estimate of drug-likeness (QED) is 0.216. The number of primary amides is 1. The Morgan fingerprint density at radius 2 is 1.67 bits per heavy atom. The Kier molecular flexibility index (Phi) is 8.00. The summed E-state index contributed by atoms with van der Waals surface area (Å²) in [4.78, 5) is 24.3. The third-order valence-corrected chi connectivity index (χ3v) is 6.96. The van der Waals surface area contributed by atoms with Gasteiger partial charge >= 0.3 is 12.1 Å². The fourth-order valence-corrected chi connectivity index (χ4v) is 4.93. The molecule has 13 heteroatoms. The van der Waals surface area contributed by atoms with Crippen LogP contribution in [0.15, 0.2) is 65.1 Å². The van der Waals surface area contributed by atoms with Crippen molar-refractivity contribution < 1.29 is 41.7 Å². The predicted octanol–water partition coefficient (Wildman–Crippen LogP) is 4.55. The maximum atomic E-state index is 12.9. The summed E-state index contributed by atoms with van der Waals surface area (Å²) < 4.78 is 47.6. The minimum atomic E-state index is -3.82. The van der Waals surface area contributed by atoms with Gasteiger partial charge < -0.3 is 29.5 Å². The zero-order valence-corrected chi connectivity index (χ0v) is 22.3. The zero-order valence-electron chi connectivity index (χ0n) is 20.7. The molecule has 4 aromatic rings. The van der Waals surface area contributed by atoms with Crippen LogP contribution in [0.4, 0.5) is 10.5 Å². The van der Waals surface area contributed by atoms with Crippen molar-refractivity contribution in [2.45, 2.75) is 0 Å². The van der Waals surface area contributed by atoms with Gasteiger partial charge in [0.25, 0.3) is 0 Å². The van der Waals surface area contributed by atoms with Crippen LogP contribution in [0.2, 0.25) is 5.02 Å². The molecule has 0 spiro atoms. The van der Waals surface area contributed by atoms with Gasteiger partial charge in [0.2, 0.25) is 10.0 Å². The lowest BCUT2D eigenvalue weighted by molar-refractivity contribution is 0.0640. The number of ether oxygens (including phenoxy) is 3. The van der Waals surface area contributed by atoms with Crippen molar-refractivity contribution in [1.82, 2.24) is 0 Å². The van der Waals surface area contributed by atoms with Crippen LogP contribution >= 0.6 is 11.6 Å². The van der Waals surface area contributed by atoms with Crippen molar-refractivity contribution in [2.24, 2.45) is 5.73 Å². The molecular weight excluding hydrogens is 552 g/mol. The van der Waals surface area contributed by atoms with Gasteiger partial charge in [-0.3, -0.25) is 4.31 Å². The largest absolute Gasteiger partial charge is 0.495 e. The van der Waals surface area contributed by atoms with E-state index in [0.717, 1.165) is 10.6 Å². The van der Waals surface area contributed by atoms with Crippen molar-refractivity contribution in [3.8, 4) is 28.6 Å². The molecule has 0 saturated heterocycles. The Hall–Kier alpha value is -4.26. The molecule has 1 heterocycles. The topological polar surface area (TPSA) is 159 Å². The van der Waals surface area contributed by atoms with E-state index in [9.17, 15) is 23.1 Å². The van der Waals surface area contributed by atoms with Gasteiger partial charge in [0.15, 0.2) is 0 Å². The lowest BCUT2D eigenvalue weighted by atomic mass is 10.0. The van der Waals surface area contributed by atoms with Gasteiger partial charge in [0.1, 0.15) is 34.2 Å². The highest BCUT2D eigenvalue weighted by molar-refractivity contribution is 7.92. The van der Waals surface area contributed by atoms with E-state index in [1.807, 2.05) is 0 Å². The second kappa shape index (κ2) is 11.2. The first-order valence-corrected chi connectivity index (χ1v) is 13.5. The molecule has 1 amide bonds. The monoisotopic (exact) mass is 574 g/mol. The number of sulfonamides is 1. The van der Waals surface area contributed by atoms with Gasteiger partial charge in [-0.25, -0.2) is 18.0 Å². The molecule has 4 rings (SSSR count). The predicted molar refractivity (Wildman–Crippen MR) is 144 cm³/mol. The SMILES string of the molecule is COc1cc2c(C(=O)OC(N)=O)c(-c3ccc(Oc4ccc(Cl)cc4)cc3)oc2cc1N(CCO)S(C)(=O)=O. The Balaban J connectivity index is 1.84. The number of rotatable bonds is 9. The first kappa shape index (κ1) is 27.8. The summed E-state index contributed by atoms with van der Waals surface area (Å²) in [6.07, 6.45) is -0.342. The van der Waals surface area contributed by atoms with E-state index in [1.165, 1.54) is 19.2 Å². The number of hydrogen-bond donors (Lipinski definition) is 2. The van der Waals surface area contributed by atoms with E-state index in [1.54, 1.807) is 48.5 Å². The van der Waals surface area contributed by atoms with Crippen molar-refractivity contribution in [3.63, 3.8) is 0 Å². The molecule has 0 bridgehead atoms. The molecule has 0 fully saturated rings. The first-order valence-electron chi connectivity index (χ1n) is 11.3. The van der Waals surface area contributed by atoms with Crippen LogP contribution in [-0.2, 0) is 14.8 Å². The smallest absolute Gasteiger partial charge is 0.412 e. The lowest BCUT2D eigenvalue weighted by Crippen LogP contribution is -2.32. The molecule has 0 aliphatic heterocycles. The van der Waals surface area contributed by atoms with Gasteiger partial charge in [0.05, 0.1) is 32.2 Å². The fraction of sp³-hybridized carbons (Fsp3) is 0.154. The average Bonchev–Trinajstić information content (AvgIpc) is 3.25. The summed E-state index contributed by atoms with van der Waals surface area (Å²) in [5.41, 5.74) is 5.52. The molecule has 204 valence electrons. The first-order chi connectivity index (χ1) is 18.5. The number of halogens is 1. The van der Waals surface area contributed by atoms with E-state index < -0.39 is 28.7 Å². The Morgan fingerprint density at radius 3 is 2.21 bits per heavy atom. The molecule has 0 aliphatic carbocycles. The van der Waals surface area contributed by atoms with Crippen LogP contribution in [-0.4, -0.2) is 52.1 Å². The van der Waals surface area contributed by atoms with Crippen LogP contribution in [0, 0.1) is 0 Å². The van der Waals surface area contributed by atoms with Crippen molar-refractivity contribution in [3.05, 3.63) is 71.2 Å². The van der Waals surface area contributed by atoms with E-state index in [0.29, 0.717) is 22.1 Å². The number of hydrogen-bond acceptors (Lipinski definition) is 9. The highest BCUT2D eigenvalue weighted by Gasteiger charge is 2.29. The Labute approximate surface area is 228 Å². The second-order valence-corrected chi connectivity index (χ2v) is 10.5. The molecule has 0 radical (unpaired) electrons. The summed E-state index contributed by atoms with van der Waals surface area (Å²) in [7, 11) is -2.51. The zero-order chi connectivity index (χ0) is 28.3. The molecule has 0 saturated carbocycles. The van der Waals surface area contributed by atoms with E-state index >= 15 is 0 Å². The van der Waals surface area contributed by atoms with E-state index in [4.69, 9.17) is 31.2 Å². The van der Waals surface area contributed by atoms with Crippen molar-refractivity contribution >= 4 is 50.3 Å². The van der Waals surface area contributed by atoms with Gasteiger partial charge in [-0.2, -0.15) is 0 Å². The number of furan rings is 1. The Morgan fingerprint density at radius 1 is 1.05 bits per heavy atom.